The Morgan fingerprint density at radius 1 is 1.50 bits per heavy atom. The topological polar surface area (TPSA) is 43.4 Å². The van der Waals surface area contributed by atoms with Crippen LogP contribution < -0.4 is 0 Å². The summed E-state index contributed by atoms with van der Waals surface area (Å²) in [4.78, 5) is 21.1. The molecule has 0 atom stereocenters. The van der Waals surface area contributed by atoms with Gasteiger partial charge >= 0.3 is 5.97 Å². The van der Waals surface area contributed by atoms with Crippen LogP contribution in [0.15, 0.2) is 0 Å². The molecule has 4 heteroatoms. The van der Waals surface area contributed by atoms with Crippen molar-refractivity contribution < 1.29 is 14.3 Å². The highest BCUT2D eigenvalue weighted by molar-refractivity contribution is 8.13. The van der Waals surface area contributed by atoms with Crippen molar-refractivity contribution in [1.82, 2.24) is 0 Å². The van der Waals surface area contributed by atoms with Crippen molar-refractivity contribution in [3.63, 3.8) is 0 Å². The van der Waals surface area contributed by atoms with Crippen LogP contribution in [0.5, 0.6) is 0 Å². The van der Waals surface area contributed by atoms with Gasteiger partial charge in [0, 0.05) is 0 Å². The Bertz CT molecular complexity index is 133. The zero-order valence-corrected chi connectivity index (χ0v) is 6.86. The predicted molar refractivity (Wildman–Crippen MR) is 39.8 cm³/mol. The maximum atomic E-state index is 10.6. The lowest BCUT2D eigenvalue weighted by molar-refractivity contribution is -0.144. The molecule has 0 aromatic heterocycles. The number of esters is 1. The number of hydrogen-bond acceptors (Lipinski definition) is 4. The summed E-state index contributed by atoms with van der Waals surface area (Å²) in [7, 11) is 0. The molecule has 0 aliphatic rings. The van der Waals surface area contributed by atoms with Gasteiger partial charge in [-0.15, -0.1) is 0 Å². The summed E-state index contributed by atoms with van der Waals surface area (Å²) in [5, 5.41) is -0.154. The molecule has 0 amide bonds. The molecule has 0 aliphatic heterocycles. The number of hydrogen-bond donors (Lipinski definition) is 0. The van der Waals surface area contributed by atoms with E-state index < -0.39 is 5.97 Å². The molecule has 0 saturated heterocycles. The van der Waals surface area contributed by atoms with E-state index >= 15 is 0 Å². The second kappa shape index (κ2) is 5.29. The van der Waals surface area contributed by atoms with Crippen LogP contribution in [0.25, 0.3) is 0 Å². The van der Waals surface area contributed by atoms with Gasteiger partial charge < -0.3 is 4.74 Å². The first-order chi connectivity index (χ1) is 4.70. The summed E-state index contributed by atoms with van der Waals surface area (Å²) in [6, 6.07) is 0. The van der Waals surface area contributed by atoms with E-state index in [4.69, 9.17) is 0 Å². The van der Waals surface area contributed by atoms with E-state index in [2.05, 4.69) is 4.74 Å². The van der Waals surface area contributed by atoms with Crippen LogP contribution in [-0.4, -0.2) is 23.9 Å². The maximum Gasteiger partial charge on any atom is 0.314 e. The highest BCUT2D eigenvalue weighted by atomic mass is 32.2. The average Bonchev–Trinajstić information content (AvgIpc) is 1.88. The molecule has 0 saturated carbocycles. The Morgan fingerprint density at radius 3 is 2.50 bits per heavy atom. The van der Waals surface area contributed by atoms with Crippen LogP contribution in [0.3, 0.4) is 0 Å². The van der Waals surface area contributed by atoms with E-state index in [1.54, 1.807) is 13.2 Å². The number of thioether (sulfide) groups is 1. The highest BCUT2D eigenvalue weighted by Gasteiger charge is 2.07. The lowest BCUT2D eigenvalue weighted by atomic mass is 10.5. The summed E-state index contributed by atoms with van der Waals surface area (Å²) in [5.41, 5.74) is 0. The Kier molecular flexibility index (Phi) is 5.02. The van der Waals surface area contributed by atoms with Gasteiger partial charge in [-0.3, -0.25) is 9.59 Å². The van der Waals surface area contributed by atoms with E-state index in [0.717, 1.165) is 11.8 Å². The van der Waals surface area contributed by atoms with E-state index in [9.17, 15) is 9.59 Å². The van der Waals surface area contributed by atoms with Gasteiger partial charge in [-0.1, -0.05) is 11.8 Å². The van der Waals surface area contributed by atoms with Crippen LogP contribution in [0.4, 0.5) is 0 Å². The molecule has 0 radical (unpaired) electrons. The lowest BCUT2D eigenvalue weighted by Crippen LogP contribution is -2.08. The van der Waals surface area contributed by atoms with Crippen LogP contribution in [0.2, 0.25) is 0 Å². The Morgan fingerprint density at radius 2 is 2.10 bits per heavy atom. The molecule has 0 aromatic rings. The van der Waals surface area contributed by atoms with Crippen LogP contribution in [0.1, 0.15) is 13.3 Å². The fraction of sp³-hybridized carbons (Fsp3) is 0.667. The fourth-order valence-electron chi connectivity index (χ4n) is 0.402. The maximum absolute atomic E-state index is 10.6. The van der Waals surface area contributed by atoms with Crippen LogP contribution in [-0.2, 0) is 14.3 Å². The molecule has 58 valence electrons. The van der Waals surface area contributed by atoms with Crippen molar-refractivity contribution in [3.8, 4) is 0 Å². The van der Waals surface area contributed by atoms with Crippen molar-refractivity contribution >= 4 is 22.8 Å². The van der Waals surface area contributed by atoms with Gasteiger partial charge in [0.05, 0.1) is 6.61 Å². The van der Waals surface area contributed by atoms with Gasteiger partial charge in [-0.05, 0) is 13.2 Å². The summed E-state index contributed by atoms with van der Waals surface area (Å²) >= 11 is 1.04. The van der Waals surface area contributed by atoms with Crippen molar-refractivity contribution in [2.75, 3.05) is 12.9 Å². The zero-order chi connectivity index (χ0) is 7.98. The van der Waals surface area contributed by atoms with Crippen molar-refractivity contribution in [2.24, 2.45) is 0 Å². The first-order valence-corrected chi connectivity index (χ1v) is 4.15. The van der Waals surface area contributed by atoms with Gasteiger partial charge in [0.1, 0.15) is 6.42 Å². The first kappa shape index (κ1) is 9.49. The van der Waals surface area contributed by atoms with Gasteiger partial charge in [-0.25, -0.2) is 0 Å². The molecular weight excluding hydrogens is 152 g/mol. The van der Waals surface area contributed by atoms with E-state index in [1.807, 2.05) is 0 Å². The van der Waals surface area contributed by atoms with Gasteiger partial charge in [0.25, 0.3) is 0 Å². The standard InChI is InChI=1S/C6H10O3S/c1-3-9-5(7)4-6(8)10-2/h3-4H2,1-2H3. The average molecular weight is 162 g/mol. The second-order valence-electron chi connectivity index (χ2n) is 1.56. The third-order valence-electron chi connectivity index (χ3n) is 0.822. The third-order valence-corrected chi connectivity index (χ3v) is 1.42. The molecule has 0 spiro atoms. The van der Waals surface area contributed by atoms with Crippen molar-refractivity contribution in [1.29, 1.82) is 0 Å². The first-order valence-electron chi connectivity index (χ1n) is 2.93. The number of ether oxygens (including phenoxy) is 1. The molecule has 0 N–H and O–H groups in total. The Labute approximate surface area is 64.1 Å². The van der Waals surface area contributed by atoms with Gasteiger partial charge in [0.2, 0.25) is 0 Å². The summed E-state index contributed by atoms with van der Waals surface area (Å²) in [5.74, 6) is -0.443. The minimum absolute atomic E-state index is 0.116. The third kappa shape index (κ3) is 4.38. The Hall–Kier alpha value is -0.510. The summed E-state index contributed by atoms with van der Waals surface area (Å²) in [6.07, 6.45) is 1.52. The molecule has 0 heterocycles. The number of carbonyl (C=O) groups excluding carboxylic acids is 2. The molecule has 0 unspecified atom stereocenters. The van der Waals surface area contributed by atoms with Crippen molar-refractivity contribution in [3.05, 3.63) is 0 Å². The normalized spacial score (nSPS) is 9.00. The smallest absolute Gasteiger partial charge is 0.314 e. The van der Waals surface area contributed by atoms with E-state index in [-0.39, 0.29) is 11.5 Å². The quantitative estimate of drug-likeness (QED) is 0.455. The van der Waals surface area contributed by atoms with Gasteiger partial charge in [0.15, 0.2) is 5.12 Å². The van der Waals surface area contributed by atoms with Crippen molar-refractivity contribution in [2.45, 2.75) is 13.3 Å². The number of rotatable bonds is 3. The minimum Gasteiger partial charge on any atom is -0.466 e. The summed E-state index contributed by atoms with van der Waals surface area (Å²) in [6.45, 7) is 2.04. The SMILES string of the molecule is CCOC(=O)CC(=O)SC. The zero-order valence-electron chi connectivity index (χ0n) is 6.05. The molecule has 10 heavy (non-hydrogen) atoms. The molecule has 0 bridgehead atoms. The van der Waals surface area contributed by atoms with Crippen LogP contribution >= 0.6 is 11.8 Å². The summed E-state index contributed by atoms with van der Waals surface area (Å²) < 4.78 is 4.54. The molecule has 0 rings (SSSR count). The number of carbonyl (C=O) groups is 2. The minimum atomic E-state index is -0.443. The Balaban J connectivity index is 3.47. The molecule has 0 aliphatic carbocycles. The lowest BCUT2D eigenvalue weighted by Gasteiger charge is -1.97. The molecule has 0 fully saturated rings. The predicted octanol–water partition coefficient (Wildman–Crippen LogP) is 0.829. The van der Waals surface area contributed by atoms with Crippen LogP contribution in [0, 0.1) is 0 Å². The van der Waals surface area contributed by atoms with E-state index in [1.165, 1.54) is 0 Å². The molecule has 0 aromatic carbocycles. The largest absolute Gasteiger partial charge is 0.466 e. The monoisotopic (exact) mass is 162 g/mol. The molecule has 3 nitrogen and oxygen atoms in total. The highest BCUT2D eigenvalue weighted by Crippen LogP contribution is 1.99. The van der Waals surface area contributed by atoms with Gasteiger partial charge in [-0.2, -0.15) is 0 Å². The molecular formula is C6H10O3S. The van der Waals surface area contributed by atoms with E-state index in [0.29, 0.717) is 6.61 Å². The fourth-order valence-corrected chi connectivity index (χ4v) is 0.664. The second-order valence-corrected chi connectivity index (χ2v) is 2.42.